The average molecular weight is 192 g/mol. The van der Waals surface area contributed by atoms with E-state index in [-0.39, 0.29) is 11.7 Å². The molecule has 0 aliphatic heterocycles. The highest BCUT2D eigenvalue weighted by atomic mass is 16.5. The van der Waals surface area contributed by atoms with Crippen molar-refractivity contribution >= 4 is 5.78 Å². The van der Waals surface area contributed by atoms with Crippen molar-refractivity contribution in [2.24, 2.45) is 0 Å². The Hall–Kier alpha value is -1.31. The number of rotatable bonds is 4. The predicted octanol–water partition coefficient (Wildman–Crippen LogP) is 2.78. The molecule has 1 atom stereocenters. The lowest BCUT2D eigenvalue weighted by Crippen LogP contribution is -2.07. The molecule has 0 aliphatic rings. The first-order valence-corrected chi connectivity index (χ1v) is 4.85. The number of methoxy groups -OCH3 is 1. The molecule has 0 fully saturated rings. The van der Waals surface area contributed by atoms with Crippen molar-refractivity contribution in [3.05, 3.63) is 29.8 Å². The normalized spacial score (nSPS) is 12.2. The van der Waals surface area contributed by atoms with Crippen LogP contribution in [-0.4, -0.2) is 12.9 Å². The molecule has 0 aromatic heterocycles. The zero-order valence-corrected chi connectivity index (χ0v) is 8.91. The van der Waals surface area contributed by atoms with Crippen LogP contribution in [0.5, 0.6) is 5.75 Å². The van der Waals surface area contributed by atoms with E-state index in [9.17, 15) is 4.79 Å². The Morgan fingerprint density at radius 1 is 1.36 bits per heavy atom. The van der Waals surface area contributed by atoms with Gasteiger partial charge in [-0.25, -0.2) is 0 Å². The van der Waals surface area contributed by atoms with E-state index in [0.29, 0.717) is 6.42 Å². The number of benzene rings is 1. The monoisotopic (exact) mass is 192 g/mol. The molecule has 0 heterocycles. The van der Waals surface area contributed by atoms with Crippen LogP contribution in [0.25, 0.3) is 0 Å². The fraction of sp³-hybridized carbons (Fsp3) is 0.417. The summed E-state index contributed by atoms with van der Waals surface area (Å²) in [5, 5.41) is 0. The third-order valence-electron chi connectivity index (χ3n) is 2.45. The maximum absolute atomic E-state index is 11.4. The van der Waals surface area contributed by atoms with Crippen molar-refractivity contribution < 1.29 is 9.53 Å². The molecule has 0 amide bonds. The second kappa shape index (κ2) is 4.80. The number of Topliss-reactive ketones (excluding diaryl/α,β-unsaturated/α-hetero) is 1. The van der Waals surface area contributed by atoms with Gasteiger partial charge in [-0.3, -0.25) is 4.79 Å². The summed E-state index contributed by atoms with van der Waals surface area (Å²) in [7, 11) is 1.63. The van der Waals surface area contributed by atoms with Gasteiger partial charge in [0.2, 0.25) is 0 Å². The van der Waals surface area contributed by atoms with Gasteiger partial charge in [0, 0.05) is 12.3 Å². The lowest BCUT2D eigenvalue weighted by molar-refractivity contribution is -0.119. The number of hydrogen-bond donors (Lipinski definition) is 0. The fourth-order valence-electron chi connectivity index (χ4n) is 1.38. The molecule has 0 bridgehead atoms. The van der Waals surface area contributed by atoms with Crippen molar-refractivity contribution in [2.75, 3.05) is 7.11 Å². The van der Waals surface area contributed by atoms with Crippen molar-refractivity contribution in [2.45, 2.75) is 26.2 Å². The van der Waals surface area contributed by atoms with Gasteiger partial charge in [0.25, 0.3) is 0 Å². The molecule has 2 nitrogen and oxygen atoms in total. The Kier molecular flexibility index (Phi) is 3.69. The van der Waals surface area contributed by atoms with E-state index in [1.54, 1.807) is 7.11 Å². The molecular weight excluding hydrogens is 176 g/mol. The van der Waals surface area contributed by atoms with E-state index < -0.39 is 0 Å². The standard InChI is InChI=1S/C12H16O2/c1-4-12(13)9(2)10-5-7-11(14-3)8-6-10/h5-9H,4H2,1-3H3/t9-/m1/s1. The highest BCUT2D eigenvalue weighted by Gasteiger charge is 2.12. The Bertz CT molecular complexity index is 301. The first-order chi connectivity index (χ1) is 6.69. The lowest BCUT2D eigenvalue weighted by Gasteiger charge is -2.09. The highest BCUT2D eigenvalue weighted by Crippen LogP contribution is 2.20. The van der Waals surface area contributed by atoms with Gasteiger partial charge in [0.1, 0.15) is 11.5 Å². The van der Waals surface area contributed by atoms with Crippen molar-refractivity contribution in [1.82, 2.24) is 0 Å². The Morgan fingerprint density at radius 2 is 1.93 bits per heavy atom. The Labute approximate surface area is 84.9 Å². The smallest absolute Gasteiger partial charge is 0.139 e. The van der Waals surface area contributed by atoms with Crippen LogP contribution in [0.4, 0.5) is 0 Å². The number of carbonyl (C=O) groups is 1. The maximum Gasteiger partial charge on any atom is 0.139 e. The zero-order chi connectivity index (χ0) is 10.6. The summed E-state index contributed by atoms with van der Waals surface area (Å²) in [6.45, 7) is 3.83. The quantitative estimate of drug-likeness (QED) is 0.733. The minimum absolute atomic E-state index is 0.00842. The largest absolute Gasteiger partial charge is 0.497 e. The van der Waals surface area contributed by atoms with Crippen LogP contribution in [0.2, 0.25) is 0 Å². The first-order valence-electron chi connectivity index (χ1n) is 4.85. The third-order valence-corrected chi connectivity index (χ3v) is 2.45. The topological polar surface area (TPSA) is 26.3 Å². The zero-order valence-electron chi connectivity index (χ0n) is 8.91. The van der Waals surface area contributed by atoms with Crippen molar-refractivity contribution in [3.63, 3.8) is 0 Å². The highest BCUT2D eigenvalue weighted by molar-refractivity contribution is 5.85. The third kappa shape index (κ3) is 2.34. The van der Waals surface area contributed by atoms with Gasteiger partial charge in [-0.05, 0) is 17.7 Å². The fourth-order valence-corrected chi connectivity index (χ4v) is 1.38. The Morgan fingerprint density at radius 3 is 2.36 bits per heavy atom. The van der Waals surface area contributed by atoms with E-state index in [1.165, 1.54) is 0 Å². The first kappa shape index (κ1) is 10.8. The molecule has 76 valence electrons. The molecule has 0 saturated carbocycles. The molecule has 1 rings (SSSR count). The van der Waals surface area contributed by atoms with Crippen LogP contribution in [0.15, 0.2) is 24.3 Å². The maximum atomic E-state index is 11.4. The lowest BCUT2D eigenvalue weighted by atomic mass is 9.95. The van der Waals surface area contributed by atoms with Crippen LogP contribution in [0.1, 0.15) is 31.7 Å². The predicted molar refractivity (Wildman–Crippen MR) is 56.7 cm³/mol. The van der Waals surface area contributed by atoms with Crippen LogP contribution < -0.4 is 4.74 Å². The molecule has 1 aromatic rings. The molecule has 1 aromatic carbocycles. The molecule has 0 saturated heterocycles. The summed E-state index contributed by atoms with van der Waals surface area (Å²) in [5.74, 6) is 1.09. The second-order valence-corrected chi connectivity index (χ2v) is 3.31. The van der Waals surface area contributed by atoms with Crippen LogP contribution in [0, 0.1) is 0 Å². The average Bonchev–Trinajstić information content (AvgIpc) is 2.27. The van der Waals surface area contributed by atoms with Crippen LogP contribution >= 0.6 is 0 Å². The number of ether oxygens (including phenoxy) is 1. The minimum atomic E-state index is -0.00842. The van der Waals surface area contributed by atoms with Gasteiger partial charge in [-0.2, -0.15) is 0 Å². The number of carbonyl (C=O) groups excluding carboxylic acids is 1. The van der Waals surface area contributed by atoms with E-state index in [4.69, 9.17) is 4.74 Å². The number of ketones is 1. The van der Waals surface area contributed by atoms with Gasteiger partial charge in [-0.15, -0.1) is 0 Å². The van der Waals surface area contributed by atoms with Gasteiger partial charge >= 0.3 is 0 Å². The van der Waals surface area contributed by atoms with Crippen LogP contribution in [0.3, 0.4) is 0 Å². The molecule has 0 radical (unpaired) electrons. The molecule has 14 heavy (non-hydrogen) atoms. The van der Waals surface area contributed by atoms with E-state index in [1.807, 2.05) is 38.1 Å². The van der Waals surface area contributed by atoms with E-state index in [0.717, 1.165) is 11.3 Å². The molecule has 2 heteroatoms. The molecular formula is C12H16O2. The van der Waals surface area contributed by atoms with Crippen molar-refractivity contribution in [3.8, 4) is 5.75 Å². The summed E-state index contributed by atoms with van der Waals surface area (Å²) in [6, 6.07) is 7.65. The van der Waals surface area contributed by atoms with Crippen molar-refractivity contribution in [1.29, 1.82) is 0 Å². The van der Waals surface area contributed by atoms with Gasteiger partial charge < -0.3 is 4.74 Å². The van der Waals surface area contributed by atoms with Gasteiger partial charge in [0.05, 0.1) is 7.11 Å². The van der Waals surface area contributed by atoms with E-state index in [2.05, 4.69) is 0 Å². The summed E-state index contributed by atoms with van der Waals surface area (Å²) >= 11 is 0. The van der Waals surface area contributed by atoms with E-state index >= 15 is 0 Å². The SMILES string of the molecule is CCC(=O)[C@H](C)c1ccc(OC)cc1. The molecule has 0 unspecified atom stereocenters. The summed E-state index contributed by atoms with van der Waals surface area (Å²) in [5.41, 5.74) is 1.05. The van der Waals surface area contributed by atoms with Gasteiger partial charge in [-0.1, -0.05) is 26.0 Å². The molecule has 0 N–H and O–H groups in total. The second-order valence-electron chi connectivity index (χ2n) is 3.31. The van der Waals surface area contributed by atoms with Gasteiger partial charge in [0.15, 0.2) is 0 Å². The Balaban J connectivity index is 2.81. The summed E-state index contributed by atoms with van der Waals surface area (Å²) < 4.78 is 5.05. The molecule has 0 spiro atoms. The summed E-state index contributed by atoms with van der Waals surface area (Å²) in [6.07, 6.45) is 0.590. The summed E-state index contributed by atoms with van der Waals surface area (Å²) in [4.78, 5) is 11.4. The minimum Gasteiger partial charge on any atom is -0.497 e. The van der Waals surface area contributed by atoms with Crippen LogP contribution in [-0.2, 0) is 4.79 Å². The number of hydrogen-bond acceptors (Lipinski definition) is 2. The molecule has 0 aliphatic carbocycles.